The maximum atomic E-state index is 12.6. The topological polar surface area (TPSA) is 43.7 Å². The molecule has 19 heavy (non-hydrogen) atoms. The van der Waals surface area contributed by atoms with Crippen LogP contribution < -0.4 is 4.90 Å². The average molecular weight is 342 g/mol. The van der Waals surface area contributed by atoms with Crippen molar-refractivity contribution in [2.75, 3.05) is 24.6 Å². The minimum absolute atomic E-state index is 0.157. The third-order valence-corrected chi connectivity index (χ3v) is 3.02. The predicted octanol–water partition coefficient (Wildman–Crippen LogP) is 2.86. The van der Waals surface area contributed by atoms with Gasteiger partial charge in [-0.15, -0.1) is 0 Å². The summed E-state index contributed by atoms with van der Waals surface area (Å²) in [5.74, 6) is 0. The van der Waals surface area contributed by atoms with Gasteiger partial charge in [0.15, 0.2) is 0 Å². The van der Waals surface area contributed by atoms with E-state index in [0.29, 0.717) is 10.0 Å². The van der Waals surface area contributed by atoms with Gasteiger partial charge in [-0.2, -0.15) is 13.2 Å². The SMILES string of the molecule is CC(O)c1ccc(Br)cc1N(CCO)CC(F)(F)F. The molecule has 108 valence electrons. The smallest absolute Gasteiger partial charge is 0.395 e. The second-order valence-corrected chi connectivity index (χ2v) is 5.06. The number of benzene rings is 1. The average Bonchev–Trinajstić information content (AvgIpc) is 2.26. The molecule has 0 radical (unpaired) electrons. The van der Waals surface area contributed by atoms with E-state index in [1.807, 2.05) is 0 Å². The fraction of sp³-hybridized carbons (Fsp3) is 0.500. The number of hydrogen-bond acceptors (Lipinski definition) is 3. The zero-order valence-corrected chi connectivity index (χ0v) is 11.9. The van der Waals surface area contributed by atoms with Crippen molar-refractivity contribution in [1.82, 2.24) is 0 Å². The Morgan fingerprint density at radius 1 is 1.37 bits per heavy atom. The van der Waals surface area contributed by atoms with Crippen molar-refractivity contribution in [2.24, 2.45) is 0 Å². The Kier molecular flexibility index (Phi) is 5.64. The van der Waals surface area contributed by atoms with Crippen LogP contribution in [0.5, 0.6) is 0 Å². The first-order valence-electron chi connectivity index (χ1n) is 5.64. The molecule has 0 aliphatic heterocycles. The quantitative estimate of drug-likeness (QED) is 0.865. The van der Waals surface area contributed by atoms with Gasteiger partial charge >= 0.3 is 6.18 Å². The summed E-state index contributed by atoms with van der Waals surface area (Å²) in [6.45, 7) is -0.251. The molecule has 7 heteroatoms. The Bertz CT molecular complexity index is 424. The van der Waals surface area contributed by atoms with E-state index in [0.717, 1.165) is 4.90 Å². The molecule has 0 bridgehead atoms. The Labute approximate surface area is 117 Å². The number of hydrogen-bond donors (Lipinski definition) is 2. The first-order valence-corrected chi connectivity index (χ1v) is 6.44. The molecule has 1 unspecified atom stereocenters. The standard InChI is InChI=1S/C12H15BrF3NO2/c1-8(19)10-3-2-9(13)6-11(10)17(4-5-18)7-12(14,15)16/h2-3,6,8,18-19H,4-5,7H2,1H3. The fourth-order valence-electron chi connectivity index (χ4n) is 1.77. The molecule has 0 spiro atoms. The summed E-state index contributed by atoms with van der Waals surface area (Å²) in [6.07, 6.45) is -5.27. The number of aliphatic hydroxyl groups excluding tert-OH is 2. The first kappa shape index (κ1) is 16.3. The monoisotopic (exact) mass is 341 g/mol. The van der Waals surface area contributed by atoms with Gasteiger partial charge in [0.1, 0.15) is 6.54 Å². The largest absolute Gasteiger partial charge is 0.405 e. The number of rotatable bonds is 5. The van der Waals surface area contributed by atoms with Crippen LogP contribution in [0, 0.1) is 0 Å². The minimum Gasteiger partial charge on any atom is -0.395 e. The Balaban J connectivity index is 3.16. The second-order valence-electron chi connectivity index (χ2n) is 4.14. The van der Waals surface area contributed by atoms with Crippen LogP contribution in [-0.4, -0.2) is 36.1 Å². The highest BCUT2D eigenvalue weighted by Gasteiger charge is 2.31. The molecule has 2 N–H and O–H groups in total. The lowest BCUT2D eigenvalue weighted by atomic mass is 10.1. The van der Waals surface area contributed by atoms with Crippen LogP contribution in [0.1, 0.15) is 18.6 Å². The van der Waals surface area contributed by atoms with E-state index >= 15 is 0 Å². The number of halogens is 4. The number of anilines is 1. The fourth-order valence-corrected chi connectivity index (χ4v) is 2.11. The first-order chi connectivity index (χ1) is 8.74. The molecule has 0 amide bonds. The summed E-state index contributed by atoms with van der Waals surface area (Å²) in [6, 6.07) is 4.71. The van der Waals surface area contributed by atoms with Crippen LogP contribution in [-0.2, 0) is 0 Å². The van der Waals surface area contributed by atoms with Crippen molar-refractivity contribution < 1.29 is 23.4 Å². The van der Waals surface area contributed by atoms with Gasteiger partial charge in [0.05, 0.1) is 12.7 Å². The summed E-state index contributed by atoms with van der Waals surface area (Å²) in [4.78, 5) is 1.01. The molecule has 0 aliphatic carbocycles. The molecule has 1 aromatic rings. The van der Waals surface area contributed by atoms with Gasteiger partial charge in [-0.25, -0.2) is 0 Å². The molecule has 1 atom stereocenters. The van der Waals surface area contributed by atoms with Crippen LogP contribution >= 0.6 is 15.9 Å². The zero-order chi connectivity index (χ0) is 14.6. The lowest BCUT2D eigenvalue weighted by Crippen LogP contribution is -2.37. The molecule has 3 nitrogen and oxygen atoms in total. The summed E-state index contributed by atoms with van der Waals surface area (Å²) >= 11 is 3.19. The van der Waals surface area contributed by atoms with Crippen LogP contribution in [0.2, 0.25) is 0 Å². The highest BCUT2D eigenvalue weighted by atomic mass is 79.9. The molecule has 0 fully saturated rings. The zero-order valence-electron chi connectivity index (χ0n) is 10.3. The highest BCUT2D eigenvalue weighted by molar-refractivity contribution is 9.10. The maximum absolute atomic E-state index is 12.6. The van der Waals surface area contributed by atoms with Crippen molar-refractivity contribution in [3.63, 3.8) is 0 Å². The third kappa shape index (κ3) is 5.00. The van der Waals surface area contributed by atoms with Crippen LogP contribution in [0.15, 0.2) is 22.7 Å². The maximum Gasteiger partial charge on any atom is 0.405 e. The van der Waals surface area contributed by atoms with Crippen molar-refractivity contribution in [2.45, 2.75) is 19.2 Å². The Hall–Kier alpha value is -0.790. The van der Waals surface area contributed by atoms with Crippen molar-refractivity contribution >= 4 is 21.6 Å². The third-order valence-electron chi connectivity index (χ3n) is 2.52. The predicted molar refractivity (Wildman–Crippen MR) is 70.1 cm³/mol. The van der Waals surface area contributed by atoms with E-state index in [9.17, 15) is 18.3 Å². The lowest BCUT2D eigenvalue weighted by Gasteiger charge is -2.28. The Morgan fingerprint density at radius 3 is 2.47 bits per heavy atom. The molecule has 1 aromatic carbocycles. The van der Waals surface area contributed by atoms with Gasteiger partial charge in [0.25, 0.3) is 0 Å². The van der Waals surface area contributed by atoms with Gasteiger partial charge < -0.3 is 15.1 Å². The van der Waals surface area contributed by atoms with E-state index in [-0.39, 0.29) is 12.2 Å². The van der Waals surface area contributed by atoms with Gasteiger partial charge in [-0.1, -0.05) is 22.0 Å². The molecule has 0 aliphatic rings. The minimum atomic E-state index is -4.38. The van der Waals surface area contributed by atoms with Gasteiger partial charge in [0.2, 0.25) is 0 Å². The van der Waals surface area contributed by atoms with Crippen molar-refractivity contribution in [3.8, 4) is 0 Å². The van der Waals surface area contributed by atoms with E-state index in [4.69, 9.17) is 5.11 Å². The van der Waals surface area contributed by atoms with Crippen LogP contribution in [0.3, 0.4) is 0 Å². The Morgan fingerprint density at radius 2 is 2.00 bits per heavy atom. The van der Waals surface area contributed by atoms with Crippen molar-refractivity contribution in [1.29, 1.82) is 0 Å². The molecular weight excluding hydrogens is 327 g/mol. The normalized spacial score (nSPS) is 13.4. The van der Waals surface area contributed by atoms with Gasteiger partial charge in [-0.3, -0.25) is 0 Å². The van der Waals surface area contributed by atoms with Crippen molar-refractivity contribution in [3.05, 3.63) is 28.2 Å². The molecule has 1 rings (SSSR count). The van der Waals surface area contributed by atoms with Crippen LogP contribution in [0.25, 0.3) is 0 Å². The van der Waals surface area contributed by atoms with Crippen LogP contribution in [0.4, 0.5) is 18.9 Å². The van der Waals surface area contributed by atoms with E-state index in [1.165, 1.54) is 13.0 Å². The van der Waals surface area contributed by atoms with Gasteiger partial charge in [0, 0.05) is 22.3 Å². The lowest BCUT2D eigenvalue weighted by molar-refractivity contribution is -0.119. The van der Waals surface area contributed by atoms with Gasteiger partial charge in [-0.05, 0) is 19.1 Å². The molecule has 0 aromatic heterocycles. The number of nitrogens with zero attached hydrogens (tertiary/aromatic N) is 1. The summed E-state index contributed by atoms with van der Waals surface area (Å²) in [5, 5.41) is 18.5. The second kappa shape index (κ2) is 6.58. The molecule has 0 saturated carbocycles. The van der Waals surface area contributed by atoms with E-state index in [1.54, 1.807) is 12.1 Å². The van der Waals surface area contributed by atoms with E-state index < -0.39 is 25.4 Å². The molecule has 0 heterocycles. The summed E-state index contributed by atoms with van der Waals surface area (Å²) < 4.78 is 38.3. The summed E-state index contributed by atoms with van der Waals surface area (Å²) in [7, 11) is 0. The highest BCUT2D eigenvalue weighted by Crippen LogP contribution is 2.31. The molecular formula is C12H15BrF3NO2. The molecule has 0 saturated heterocycles. The van der Waals surface area contributed by atoms with E-state index in [2.05, 4.69) is 15.9 Å². The number of aliphatic hydroxyl groups is 2. The number of alkyl halides is 3. The summed E-state index contributed by atoms with van der Waals surface area (Å²) in [5.41, 5.74) is 0.650.